The van der Waals surface area contributed by atoms with Crippen LogP contribution in [-0.2, 0) is 6.42 Å². The minimum atomic E-state index is 0.706. The van der Waals surface area contributed by atoms with Crippen molar-refractivity contribution in [2.75, 3.05) is 6.54 Å². The molecule has 2 heteroatoms. The van der Waals surface area contributed by atoms with Crippen molar-refractivity contribution in [1.29, 1.82) is 0 Å². The average Bonchev–Trinajstić information content (AvgIpc) is 2.20. The second-order valence-corrected chi connectivity index (χ2v) is 5.21. The van der Waals surface area contributed by atoms with Crippen molar-refractivity contribution in [2.45, 2.75) is 46.1 Å². The summed E-state index contributed by atoms with van der Waals surface area (Å²) in [5, 5.41) is 3.57. The van der Waals surface area contributed by atoms with Crippen molar-refractivity contribution in [2.24, 2.45) is 5.92 Å². The summed E-state index contributed by atoms with van der Waals surface area (Å²) in [5.74, 6) is 0.803. The predicted octanol–water partition coefficient (Wildman–Crippen LogP) is 2.63. The molecule has 1 fully saturated rings. The molecule has 0 radical (unpaired) electrons. The monoisotopic (exact) mass is 218 g/mol. The summed E-state index contributed by atoms with van der Waals surface area (Å²) in [4.78, 5) is 4.42. The number of piperidine rings is 1. The lowest BCUT2D eigenvalue weighted by atomic mass is 9.90. The van der Waals surface area contributed by atoms with E-state index in [1.807, 2.05) is 0 Å². The lowest BCUT2D eigenvalue weighted by Crippen LogP contribution is -2.37. The second-order valence-electron chi connectivity index (χ2n) is 5.21. The van der Waals surface area contributed by atoms with Crippen LogP contribution < -0.4 is 5.32 Å². The molecular weight excluding hydrogens is 196 g/mol. The highest BCUT2D eigenvalue weighted by Gasteiger charge is 2.17. The van der Waals surface area contributed by atoms with Crippen LogP contribution in [-0.4, -0.2) is 17.6 Å². The first-order chi connectivity index (χ1) is 7.63. The number of nitrogens with one attached hydrogen (secondary N) is 1. The van der Waals surface area contributed by atoms with Gasteiger partial charge in [0.15, 0.2) is 0 Å². The number of hydrogen-bond acceptors (Lipinski definition) is 2. The number of pyridine rings is 1. The van der Waals surface area contributed by atoms with E-state index in [1.165, 1.54) is 31.4 Å². The van der Waals surface area contributed by atoms with Crippen LogP contribution in [0.3, 0.4) is 0 Å². The third kappa shape index (κ3) is 3.05. The standard InChI is InChI=1S/C14H22N2/c1-10-4-5-13(9-15-10)8-14-6-11(2)16-12(3)7-14/h6-7,10,13,15H,4-5,8-9H2,1-3H3. The fourth-order valence-electron chi connectivity index (χ4n) is 2.60. The molecule has 16 heavy (non-hydrogen) atoms. The van der Waals surface area contributed by atoms with E-state index in [4.69, 9.17) is 0 Å². The van der Waals surface area contributed by atoms with Gasteiger partial charge < -0.3 is 5.32 Å². The first-order valence-electron chi connectivity index (χ1n) is 6.31. The van der Waals surface area contributed by atoms with Gasteiger partial charge in [-0.3, -0.25) is 4.98 Å². The Morgan fingerprint density at radius 3 is 2.50 bits per heavy atom. The Balaban J connectivity index is 1.98. The van der Waals surface area contributed by atoms with Crippen LogP contribution in [0.4, 0.5) is 0 Å². The predicted molar refractivity (Wildman–Crippen MR) is 67.6 cm³/mol. The van der Waals surface area contributed by atoms with Crippen molar-refractivity contribution in [3.8, 4) is 0 Å². The molecule has 0 spiro atoms. The molecule has 0 aromatic carbocycles. The Labute approximate surface area is 98.5 Å². The van der Waals surface area contributed by atoms with Crippen LogP contribution in [0.5, 0.6) is 0 Å². The van der Waals surface area contributed by atoms with Gasteiger partial charge in [0.05, 0.1) is 0 Å². The Bertz CT molecular complexity index is 332. The van der Waals surface area contributed by atoms with Crippen LogP contribution >= 0.6 is 0 Å². The van der Waals surface area contributed by atoms with Gasteiger partial charge in [0.2, 0.25) is 0 Å². The molecule has 1 N–H and O–H groups in total. The van der Waals surface area contributed by atoms with Gasteiger partial charge in [-0.2, -0.15) is 0 Å². The first-order valence-corrected chi connectivity index (χ1v) is 6.31. The van der Waals surface area contributed by atoms with E-state index in [0.29, 0.717) is 6.04 Å². The molecule has 2 atom stereocenters. The molecule has 2 rings (SSSR count). The summed E-state index contributed by atoms with van der Waals surface area (Å²) in [5.41, 5.74) is 3.74. The molecule has 2 heterocycles. The summed E-state index contributed by atoms with van der Waals surface area (Å²) in [7, 11) is 0. The Hall–Kier alpha value is -0.890. The zero-order valence-corrected chi connectivity index (χ0v) is 10.6. The fourth-order valence-corrected chi connectivity index (χ4v) is 2.60. The number of rotatable bonds is 2. The van der Waals surface area contributed by atoms with Crippen molar-refractivity contribution >= 4 is 0 Å². The SMILES string of the molecule is Cc1cc(CC2CCC(C)NC2)cc(C)n1. The van der Waals surface area contributed by atoms with Gasteiger partial charge in [-0.15, -0.1) is 0 Å². The maximum absolute atomic E-state index is 4.42. The van der Waals surface area contributed by atoms with Crippen molar-refractivity contribution in [1.82, 2.24) is 10.3 Å². The number of aromatic nitrogens is 1. The molecule has 1 aromatic heterocycles. The van der Waals surface area contributed by atoms with Gasteiger partial charge in [0.1, 0.15) is 0 Å². The fraction of sp³-hybridized carbons (Fsp3) is 0.643. The molecule has 0 amide bonds. The molecule has 1 aliphatic heterocycles. The molecule has 0 saturated carbocycles. The van der Waals surface area contributed by atoms with Crippen molar-refractivity contribution < 1.29 is 0 Å². The van der Waals surface area contributed by atoms with Gasteiger partial charge in [0, 0.05) is 17.4 Å². The van der Waals surface area contributed by atoms with Crippen LogP contribution in [0.1, 0.15) is 36.7 Å². The molecule has 1 aliphatic rings. The number of aryl methyl sites for hydroxylation is 2. The molecule has 2 unspecified atom stereocenters. The maximum atomic E-state index is 4.42. The van der Waals surface area contributed by atoms with Crippen LogP contribution in [0.2, 0.25) is 0 Å². The summed E-state index contributed by atoms with van der Waals surface area (Å²) >= 11 is 0. The number of nitrogens with zero attached hydrogens (tertiary/aromatic N) is 1. The van der Waals surface area contributed by atoms with Gasteiger partial charge in [-0.1, -0.05) is 0 Å². The Morgan fingerprint density at radius 1 is 1.25 bits per heavy atom. The average molecular weight is 218 g/mol. The quantitative estimate of drug-likeness (QED) is 0.825. The van der Waals surface area contributed by atoms with Crippen LogP contribution in [0, 0.1) is 19.8 Å². The Kier molecular flexibility index (Phi) is 3.59. The van der Waals surface area contributed by atoms with E-state index in [9.17, 15) is 0 Å². The Morgan fingerprint density at radius 2 is 1.94 bits per heavy atom. The molecule has 2 nitrogen and oxygen atoms in total. The summed E-state index contributed by atoms with van der Waals surface area (Å²) in [6.07, 6.45) is 3.87. The van der Waals surface area contributed by atoms with Crippen LogP contribution in [0.25, 0.3) is 0 Å². The lowest BCUT2D eigenvalue weighted by molar-refractivity contribution is 0.322. The normalized spacial score (nSPS) is 25.7. The molecule has 88 valence electrons. The highest BCUT2D eigenvalue weighted by molar-refractivity contribution is 5.20. The third-order valence-electron chi connectivity index (χ3n) is 3.43. The summed E-state index contributed by atoms with van der Waals surface area (Å²) in [6.45, 7) is 7.61. The minimum absolute atomic E-state index is 0.706. The van der Waals surface area contributed by atoms with Gasteiger partial charge in [-0.05, 0) is 70.2 Å². The molecular formula is C14H22N2. The summed E-state index contributed by atoms with van der Waals surface area (Å²) in [6, 6.07) is 5.16. The van der Waals surface area contributed by atoms with Gasteiger partial charge in [0.25, 0.3) is 0 Å². The minimum Gasteiger partial charge on any atom is -0.314 e. The van der Waals surface area contributed by atoms with E-state index >= 15 is 0 Å². The van der Waals surface area contributed by atoms with Gasteiger partial charge >= 0.3 is 0 Å². The highest BCUT2D eigenvalue weighted by Crippen LogP contribution is 2.19. The second kappa shape index (κ2) is 4.96. The zero-order chi connectivity index (χ0) is 11.5. The van der Waals surface area contributed by atoms with Gasteiger partial charge in [-0.25, -0.2) is 0 Å². The van der Waals surface area contributed by atoms with E-state index in [1.54, 1.807) is 0 Å². The smallest absolute Gasteiger partial charge is 0.0378 e. The van der Waals surface area contributed by atoms with Crippen molar-refractivity contribution in [3.05, 3.63) is 29.1 Å². The van der Waals surface area contributed by atoms with Crippen LogP contribution in [0.15, 0.2) is 12.1 Å². The van der Waals surface area contributed by atoms with E-state index in [-0.39, 0.29) is 0 Å². The topological polar surface area (TPSA) is 24.9 Å². The van der Waals surface area contributed by atoms with E-state index < -0.39 is 0 Å². The molecule has 1 saturated heterocycles. The number of hydrogen-bond donors (Lipinski definition) is 1. The largest absolute Gasteiger partial charge is 0.314 e. The molecule has 0 aliphatic carbocycles. The molecule has 0 bridgehead atoms. The lowest BCUT2D eigenvalue weighted by Gasteiger charge is -2.27. The highest BCUT2D eigenvalue weighted by atomic mass is 14.9. The summed E-state index contributed by atoms with van der Waals surface area (Å²) < 4.78 is 0. The zero-order valence-electron chi connectivity index (χ0n) is 10.6. The first kappa shape index (κ1) is 11.6. The maximum Gasteiger partial charge on any atom is 0.0378 e. The molecule has 1 aromatic rings. The van der Waals surface area contributed by atoms with E-state index in [0.717, 1.165) is 17.3 Å². The third-order valence-corrected chi connectivity index (χ3v) is 3.43. The van der Waals surface area contributed by atoms with Crippen molar-refractivity contribution in [3.63, 3.8) is 0 Å². The van der Waals surface area contributed by atoms with E-state index in [2.05, 4.69) is 43.2 Å².